The summed E-state index contributed by atoms with van der Waals surface area (Å²) in [5.41, 5.74) is 0. The second kappa shape index (κ2) is 5.87. The fourth-order valence-corrected chi connectivity index (χ4v) is 2.27. The van der Waals surface area contributed by atoms with Crippen LogP contribution in [0, 0.1) is 5.92 Å². The van der Waals surface area contributed by atoms with Crippen molar-refractivity contribution in [2.24, 2.45) is 5.92 Å². The van der Waals surface area contributed by atoms with Crippen molar-refractivity contribution in [3.63, 3.8) is 0 Å². The Morgan fingerprint density at radius 1 is 1.38 bits per heavy atom. The molecule has 1 atom stereocenters. The molecule has 0 aromatic carbocycles. The van der Waals surface area contributed by atoms with Crippen molar-refractivity contribution < 1.29 is 0 Å². The Morgan fingerprint density at radius 3 is 2.46 bits per heavy atom. The molecule has 0 aromatic heterocycles. The monoisotopic (exact) mass is 203 g/mol. The fourth-order valence-electron chi connectivity index (χ4n) is 2.02. The third-order valence-electron chi connectivity index (χ3n) is 3.11. The number of unbranched alkanes of at least 4 members (excludes halogenated alkanes) is 1. The van der Waals surface area contributed by atoms with Gasteiger partial charge in [0.15, 0.2) is 0 Å². The summed E-state index contributed by atoms with van der Waals surface area (Å²) in [5, 5.41) is 0.369. The van der Waals surface area contributed by atoms with Crippen LogP contribution in [-0.4, -0.2) is 29.9 Å². The molecule has 0 N–H and O–H groups in total. The van der Waals surface area contributed by atoms with Crippen LogP contribution < -0.4 is 0 Å². The van der Waals surface area contributed by atoms with Gasteiger partial charge in [0.05, 0.1) is 0 Å². The SMILES string of the molecule is CCCCN1CCC(C(C)Cl)CC1. The third-order valence-corrected chi connectivity index (χ3v) is 3.47. The second-order valence-electron chi connectivity index (χ2n) is 4.21. The van der Waals surface area contributed by atoms with Gasteiger partial charge in [-0.15, -0.1) is 11.6 Å². The van der Waals surface area contributed by atoms with Crippen molar-refractivity contribution in [1.82, 2.24) is 4.90 Å². The lowest BCUT2D eigenvalue weighted by Gasteiger charge is -2.32. The van der Waals surface area contributed by atoms with Crippen LogP contribution in [0.4, 0.5) is 0 Å². The van der Waals surface area contributed by atoms with Crippen molar-refractivity contribution >= 4 is 11.6 Å². The fraction of sp³-hybridized carbons (Fsp3) is 1.00. The van der Waals surface area contributed by atoms with Crippen molar-refractivity contribution in [2.45, 2.75) is 44.9 Å². The molecule has 1 fully saturated rings. The molecule has 0 radical (unpaired) electrons. The molecule has 1 rings (SSSR count). The number of nitrogens with zero attached hydrogens (tertiary/aromatic N) is 1. The molecule has 13 heavy (non-hydrogen) atoms. The molecule has 1 unspecified atom stereocenters. The van der Waals surface area contributed by atoms with E-state index in [1.807, 2.05) is 0 Å². The average Bonchev–Trinajstić information content (AvgIpc) is 2.15. The summed E-state index contributed by atoms with van der Waals surface area (Å²) in [6, 6.07) is 0. The molecule has 1 heterocycles. The molecule has 78 valence electrons. The van der Waals surface area contributed by atoms with Crippen molar-refractivity contribution in [3.8, 4) is 0 Å². The molecular weight excluding hydrogens is 182 g/mol. The lowest BCUT2D eigenvalue weighted by molar-refractivity contribution is 0.181. The van der Waals surface area contributed by atoms with Gasteiger partial charge in [-0.05, 0) is 51.7 Å². The summed E-state index contributed by atoms with van der Waals surface area (Å²) in [6.45, 7) is 8.21. The van der Waals surface area contributed by atoms with Gasteiger partial charge in [0.2, 0.25) is 0 Å². The highest BCUT2D eigenvalue weighted by Crippen LogP contribution is 2.23. The highest BCUT2D eigenvalue weighted by Gasteiger charge is 2.21. The topological polar surface area (TPSA) is 3.24 Å². The minimum Gasteiger partial charge on any atom is -0.303 e. The zero-order valence-electron chi connectivity index (χ0n) is 8.93. The highest BCUT2D eigenvalue weighted by molar-refractivity contribution is 6.20. The summed E-state index contributed by atoms with van der Waals surface area (Å²) < 4.78 is 0. The summed E-state index contributed by atoms with van der Waals surface area (Å²) in [4.78, 5) is 2.58. The molecule has 1 nitrogen and oxygen atoms in total. The third kappa shape index (κ3) is 3.86. The number of likely N-dealkylation sites (tertiary alicyclic amines) is 1. The van der Waals surface area contributed by atoms with Gasteiger partial charge in [0.1, 0.15) is 0 Å². The van der Waals surface area contributed by atoms with Crippen LogP contribution in [-0.2, 0) is 0 Å². The Balaban J connectivity index is 2.15. The summed E-state index contributed by atoms with van der Waals surface area (Å²) >= 11 is 6.09. The van der Waals surface area contributed by atoms with E-state index in [1.165, 1.54) is 45.3 Å². The lowest BCUT2D eigenvalue weighted by atomic mass is 9.94. The quantitative estimate of drug-likeness (QED) is 0.635. The Labute approximate surface area is 87.4 Å². The number of halogens is 1. The van der Waals surface area contributed by atoms with Crippen LogP contribution in [0.25, 0.3) is 0 Å². The van der Waals surface area contributed by atoms with Crippen LogP contribution in [0.1, 0.15) is 39.5 Å². The first kappa shape index (κ1) is 11.3. The number of rotatable bonds is 4. The Bertz CT molecular complexity index is 128. The maximum absolute atomic E-state index is 6.09. The van der Waals surface area contributed by atoms with E-state index >= 15 is 0 Å². The largest absolute Gasteiger partial charge is 0.303 e. The van der Waals surface area contributed by atoms with E-state index in [0.29, 0.717) is 5.38 Å². The normalized spacial score (nSPS) is 23.3. The molecule has 0 aromatic rings. The second-order valence-corrected chi connectivity index (χ2v) is 4.90. The maximum Gasteiger partial charge on any atom is 0.0337 e. The van der Waals surface area contributed by atoms with E-state index in [-0.39, 0.29) is 0 Å². The molecular formula is C11H22ClN. The highest BCUT2D eigenvalue weighted by atomic mass is 35.5. The molecule has 1 saturated heterocycles. The molecule has 0 spiro atoms. The van der Waals surface area contributed by atoms with Gasteiger partial charge in [-0.3, -0.25) is 0 Å². The molecule has 1 aliphatic heterocycles. The van der Waals surface area contributed by atoms with Gasteiger partial charge < -0.3 is 4.90 Å². The van der Waals surface area contributed by atoms with Crippen molar-refractivity contribution in [2.75, 3.05) is 19.6 Å². The minimum atomic E-state index is 0.369. The molecule has 1 aliphatic rings. The van der Waals surface area contributed by atoms with Gasteiger partial charge >= 0.3 is 0 Å². The van der Waals surface area contributed by atoms with Gasteiger partial charge in [0.25, 0.3) is 0 Å². The Hall–Kier alpha value is 0.250. The van der Waals surface area contributed by atoms with Crippen LogP contribution in [0.3, 0.4) is 0 Å². The first-order valence-electron chi connectivity index (χ1n) is 5.60. The van der Waals surface area contributed by atoms with E-state index < -0.39 is 0 Å². The van der Waals surface area contributed by atoms with Gasteiger partial charge in [-0.25, -0.2) is 0 Å². The zero-order valence-corrected chi connectivity index (χ0v) is 9.69. The van der Waals surface area contributed by atoms with E-state index in [1.54, 1.807) is 0 Å². The van der Waals surface area contributed by atoms with Crippen molar-refractivity contribution in [3.05, 3.63) is 0 Å². The number of hydrogen-bond donors (Lipinski definition) is 0. The number of piperidine rings is 1. The van der Waals surface area contributed by atoms with E-state index in [2.05, 4.69) is 18.7 Å². The van der Waals surface area contributed by atoms with E-state index in [4.69, 9.17) is 11.6 Å². The minimum absolute atomic E-state index is 0.369. The lowest BCUT2D eigenvalue weighted by Crippen LogP contribution is -2.36. The van der Waals surface area contributed by atoms with E-state index in [0.717, 1.165) is 5.92 Å². The smallest absolute Gasteiger partial charge is 0.0337 e. The van der Waals surface area contributed by atoms with E-state index in [9.17, 15) is 0 Å². The number of hydrogen-bond acceptors (Lipinski definition) is 1. The summed E-state index contributed by atoms with van der Waals surface area (Å²) in [7, 11) is 0. The van der Waals surface area contributed by atoms with Gasteiger partial charge in [0, 0.05) is 5.38 Å². The standard InChI is InChI=1S/C11H22ClN/c1-3-4-7-13-8-5-11(6-9-13)10(2)12/h10-11H,3-9H2,1-2H3. The van der Waals surface area contributed by atoms with Crippen LogP contribution in [0.15, 0.2) is 0 Å². The first-order valence-corrected chi connectivity index (χ1v) is 6.04. The summed E-state index contributed by atoms with van der Waals surface area (Å²) in [6.07, 6.45) is 5.26. The predicted octanol–water partition coefficient (Wildman–Crippen LogP) is 3.13. The average molecular weight is 204 g/mol. The Kier molecular flexibility index (Phi) is 5.12. The Morgan fingerprint density at radius 2 is 2.00 bits per heavy atom. The molecule has 0 saturated carbocycles. The maximum atomic E-state index is 6.09. The molecule has 0 amide bonds. The summed E-state index contributed by atoms with van der Waals surface area (Å²) in [5.74, 6) is 0.763. The first-order chi connectivity index (χ1) is 6.24. The van der Waals surface area contributed by atoms with Crippen molar-refractivity contribution in [1.29, 1.82) is 0 Å². The molecule has 0 bridgehead atoms. The molecule has 2 heteroatoms. The molecule has 0 aliphatic carbocycles. The van der Waals surface area contributed by atoms with Crippen LogP contribution >= 0.6 is 11.6 Å². The zero-order chi connectivity index (χ0) is 9.68. The van der Waals surface area contributed by atoms with Gasteiger partial charge in [-0.2, -0.15) is 0 Å². The predicted molar refractivity (Wildman–Crippen MR) is 59.4 cm³/mol. The van der Waals surface area contributed by atoms with Gasteiger partial charge in [-0.1, -0.05) is 13.3 Å². The van der Waals surface area contributed by atoms with Crippen LogP contribution in [0.2, 0.25) is 0 Å². The van der Waals surface area contributed by atoms with Crippen LogP contribution in [0.5, 0.6) is 0 Å². The number of alkyl halides is 1.